The Labute approximate surface area is 148 Å². The summed E-state index contributed by atoms with van der Waals surface area (Å²) in [5.41, 5.74) is 3.18. The lowest BCUT2D eigenvalue weighted by atomic mass is 10.1. The van der Waals surface area contributed by atoms with Crippen molar-refractivity contribution in [3.8, 4) is 0 Å². The van der Waals surface area contributed by atoms with E-state index in [-0.39, 0.29) is 17.1 Å². The minimum atomic E-state index is -3.82. The summed E-state index contributed by atoms with van der Waals surface area (Å²) in [6, 6.07) is 11.6. The van der Waals surface area contributed by atoms with Crippen LogP contribution in [0.15, 0.2) is 47.4 Å². The summed E-state index contributed by atoms with van der Waals surface area (Å²) in [5, 5.41) is 0. The standard InChI is InChI=1S/C18H21NO5S/c1-13-8-9-14(2)16(10-13)12-24-18(20)15-6-5-7-17(11-15)25(21,22)19(3)23-4/h5-11H,12H2,1-4H3. The van der Waals surface area contributed by atoms with E-state index < -0.39 is 16.0 Å². The second kappa shape index (κ2) is 7.77. The number of hydrogen-bond donors (Lipinski definition) is 0. The van der Waals surface area contributed by atoms with E-state index in [1.165, 1.54) is 38.4 Å². The molecule has 0 fully saturated rings. The number of carbonyl (C=O) groups is 1. The number of benzene rings is 2. The predicted octanol–water partition coefficient (Wildman–Crippen LogP) is 2.84. The molecular weight excluding hydrogens is 342 g/mol. The number of sulfonamides is 1. The maximum atomic E-state index is 12.3. The second-order valence-corrected chi connectivity index (χ2v) is 7.57. The van der Waals surface area contributed by atoms with Crippen molar-refractivity contribution >= 4 is 16.0 Å². The summed E-state index contributed by atoms with van der Waals surface area (Å²) in [4.78, 5) is 17.0. The SMILES string of the molecule is CON(C)S(=O)(=O)c1cccc(C(=O)OCc2cc(C)ccc2C)c1. The first-order valence-corrected chi connectivity index (χ1v) is 9.06. The molecule has 0 saturated heterocycles. The molecule has 2 rings (SSSR count). The summed E-state index contributed by atoms with van der Waals surface area (Å²) in [5.74, 6) is -0.585. The molecule has 25 heavy (non-hydrogen) atoms. The average Bonchev–Trinajstić information content (AvgIpc) is 2.61. The van der Waals surface area contributed by atoms with Gasteiger partial charge < -0.3 is 4.74 Å². The number of rotatable bonds is 6. The third-order valence-electron chi connectivity index (χ3n) is 3.83. The van der Waals surface area contributed by atoms with Crippen LogP contribution < -0.4 is 0 Å². The molecule has 0 unspecified atom stereocenters. The molecule has 0 N–H and O–H groups in total. The van der Waals surface area contributed by atoms with Crippen molar-refractivity contribution in [1.29, 1.82) is 0 Å². The molecule has 0 aliphatic heterocycles. The first-order valence-electron chi connectivity index (χ1n) is 7.62. The van der Waals surface area contributed by atoms with Crippen molar-refractivity contribution in [1.82, 2.24) is 4.47 Å². The van der Waals surface area contributed by atoms with E-state index in [1.807, 2.05) is 32.0 Å². The minimum absolute atomic E-state index is 0.0435. The van der Waals surface area contributed by atoms with E-state index >= 15 is 0 Å². The first kappa shape index (κ1) is 19.1. The highest BCUT2D eigenvalue weighted by atomic mass is 32.2. The van der Waals surface area contributed by atoms with Crippen molar-refractivity contribution in [2.45, 2.75) is 25.3 Å². The van der Waals surface area contributed by atoms with Gasteiger partial charge in [0.2, 0.25) is 0 Å². The summed E-state index contributed by atoms with van der Waals surface area (Å²) in [6.45, 7) is 4.03. The van der Waals surface area contributed by atoms with Crippen LogP contribution in [0.2, 0.25) is 0 Å². The Kier molecular flexibility index (Phi) is 5.94. The largest absolute Gasteiger partial charge is 0.457 e. The van der Waals surface area contributed by atoms with Crippen molar-refractivity contribution < 1.29 is 22.8 Å². The van der Waals surface area contributed by atoms with Gasteiger partial charge in [0.15, 0.2) is 0 Å². The Morgan fingerprint density at radius 3 is 2.52 bits per heavy atom. The van der Waals surface area contributed by atoms with Crippen molar-refractivity contribution in [2.24, 2.45) is 0 Å². The number of hydroxylamine groups is 1. The molecule has 0 atom stereocenters. The third kappa shape index (κ3) is 4.45. The van der Waals surface area contributed by atoms with E-state index in [0.29, 0.717) is 0 Å². The van der Waals surface area contributed by atoms with Crippen LogP contribution in [0.4, 0.5) is 0 Å². The zero-order chi connectivity index (χ0) is 18.6. The van der Waals surface area contributed by atoms with Gasteiger partial charge in [0.05, 0.1) is 17.6 Å². The second-order valence-electron chi connectivity index (χ2n) is 5.63. The quantitative estimate of drug-likeness (QED) is 0.583. The molecule has 2 aromatic carbocycles. The lowest BCUT2D eigenvalue weighted by Gasteiger charge is -2.14. The lowest BCUT2D eigenvalue weighted by Crippen LogP contribution is -2.25. The Hall–Kier alpha value is -2.22. The minimum Gasteiger partial charge on any atom is -0.457 e. The third-order valence-corrected chi connectivity index (χ3v) is 5.50. The van der Waals surface area contributed by atoms with Crippen LogP contribution in [0, 0.1) is 13.8 Å². The molecule has 0 radical (unpaired) electrons. The molecule has 0 bridgehead atoms. The van der Waals surface area contributed by atoms with E-state index in [4.69, 9.17) is 9.57 Å². The molecule has 0 amide bonds. The first-order chi connectivity index (χ1) is 11.8. The monoisotopic (exact) mass is 363 g/mol. The van der Waals surface area contributed by atoms with Crippen LogP contribution >= 0.6 is 0 Å². The van der Waals surface area contributed by atoms with Crippen LogP contribution in [0.1, 0.15) is 27.0 Å². The maximum absolute atomic E-state index is 12.3. The van der Waals surface area contributed by atoms with Crippen LogP contribution in [0.3, 0.4) is 0 Å². The Morgan fingerprint density at radius 2 is 1.84 bits per heavy atom. The number of ether oxygens (including phenoxy) is 1. The number of nitrogens with zero attached hydrogens (tertiary/aromatic N) is 1. The van der Waals surface area contributed by atoms with Crippen LogP contribution in [0.5, 0.6) is 0 Å². The van der Waals surface area contributed by atoms with Crippen molar-refractivity contribution in [2.75, 3.05) is 14.2 Å². The van der Waals surface area contributed by atoms with Gasteiger partial charge in [-0.15, -0.1) is 0 Å². The van der Waals surface area contributed by atoms with Gasteiger partial charge >= 0.3 is 5.97 Å². The molecule has 0 aliphatic rings. The fourth-order valence-corrected chi connectivity index (χ4v) is 3.23. The van der Waals surface area contributed by atoms with Crippen molar-refractivity contribution in [3.05, 3.63) is 64.7 Å². The highest BCUT2D eigenvalue weighted by molar-refractivity contribution is 7.89. The summed E-state index contributed by atoms with van der Waals surface area (Å²) >= 11 is 0. The average molecular weight is 363 g/mol. The fraction of sp³-hybridized carbons (Fsp3) is 0.278. The molecule has 2 aromatic rings. The molecule has 0 saturated carbocycles. The molecule has 0 aliphatic carbocycles. The summed E-state index contributed by atoms with van der Waals surface area (Å²) < 4.78 is 30.6. The topological polar surface area (TPSA) is 72.9 Å². The lowest BCUT2D eigenvalue weighted by molar-refractivity contribution is -0.0258. The van der Waals surface area contributed by atoms with Gasteiger partial charge in [-0.1, -0.05) is 34.3 Å². The fourth-order valence-electron chi connectivity index (χ4n) is 2.21. The maximum Gasteiger partial charge on any atom is 0.338 e. The van der Waals surface area contributed by atoms with Gasteiger partial charge in [0.25, 0.3) is 10.0 Å². The van der Waals surface area contributed by atoms with Crippen molar-refractivity contribution in [3.63, 3.8) is 0 Å². The Bertz CT molecular complexity index is 877. The smallest absolute Gasteiger partial charge is 0.338 e. The van der Waals surface area contributed by atoms with Gasteiger partial charge in [0.1, 0.15) is 6.61 Å². The molecule has 6 nitrogen and oxygen atoms in total. The van der Waals surface area contributed by atoms with Gasteiger partial charge in [-0.25, -0.2) is 13.2 Å². The zero-order valence-corrected chi connectivity index (χ0v) is 15.5. The molecular formula is C18H21NO5S. The summed E-state index contributed by atoms with van der Waals surface area (Å²) in [7, 11) is -1.29. The van der Waals surface area contributed by atoms with E-state index in [0.717, 1.165) is 21.2 Å². The highest BCUT2D eigenvalue weighted by Crippen LogP contribution is 2.18. The van der Waals surface area contributed by atoms with Gasteiger partial charge in [-0.3, -0.25) is 4.84 Å². The molecule has 0 heterocycles. The van der Waals surface area contributed by atoms with Crippen LogP contribution in [-0.2, 0) is 26.2 Å². The molecule has 0 spiro atoms. The number of carbonyl (C=O) groups excluding carboxylic acids is 1. The Balaban J connectivity index is 2.18. The van der Waals surface area contributed by atoms with Gasteiger partial charge in [-0.2, -0.15) is 0 Å². The molecule has 134 valence electrons. The summed E-state index contributed by atoms with van der Waals surface area (Å²) in [6.07, 6.45) is 0. The van der Waals surface area contributed by atoms with Crippen LogP contribution in [0.25, 0.3) is 0 Å². The number of esters is 1. The zero-order valence-electron chi connectivity index (χ0n) is 14.6. The highest BCUT2D eigenvalue weighted by Gasteiger charge is 2.22. The molecule has 0 aromatic heterocycles. The van der Waals surface area contributed by atoms with Crippen LogP contribution in [-0.4, -0.2) is 33.0 Å². The van der Waals surface area contributed by atoms with Gasteiger partial charge in [0, 0.05) is 7.05 Å². The molecule has 7 heteroatoms. The van der Waals surface area contributed by atoms with E-state index in [1.54, 1.807) is 0 Å². The van der Waals surface area contributed by atoms with E-state index in [9.17, 15) is 13.2 Å². The predicted molar refractivity (Wildman–Crippen MR) is 93.4 cm³/mol. The number of hydrogen-bond acceptors (Lipinski definition) is 5. The van der Waals surface area contributed by atoms with E-state index in [2.05, 4.69) is 0 Å². The normalized spacial score (nSPS) is 11.6. The van der Waals surface area contributed by atoms with Gasteiger partial charge in [-0.05, 0) is 43.2 Å². The Morgan fingerprint density at radius 1 is 1.12 bits per heavy atom. The number of aryl methyl sites for hydroxylation is 2.